The molecule has 7 heteroatoms. The van der Waals surface area contributed by atoms with Gasteiger partial charge in [-0.3, -0.25) is 9.59 Å². The van der Waals surface area contributed by atoms with Gasteiger partial charge in [0.15, 0.2) is 5.58 Å². The molecule has 2 heterocycles. The number of nitrogens with one attached hydrogen (secondary N) is 1. The standard InChI is InChI=1S/C26H29N3O4/c1-2-29(20-14-13-19(16-20)27-24(30)23-8-5-15-32-23)26(31)18-11-9-17(10-12-18)25-28-21-6-3-4-7-22(21)33-25/h3-4,6-7,9-12,19-20,23H,2,5,8,13-16H2,1H3,(H,27,30)/t19-,20+,23-/m0/s1. The number of oxazole rings is 1. The SMILES string of the molecule is CCN(C(=O)c1ccc(-c2nc3ccccc3o2)cc1)[C@@H]1CC[C@H](NC(=O)[C@@H]2CCCO2)C1. The summed E-state index contributed by atoms with van der Waals surface area (Å²) in [5.74, 6) is 0.545. The van der Waals surface area contributed by atoms with E-state index in [9.17, 15) is 9.59 Å². The van der Waals surface area contributed by atoms with E-state index in [0.717, 1.165) is 48.8 Å². The third kappa shape index (κ3) is 4.50. The van der Waals surface area contributed by atoms with E-state index in [1.54, 1.807) is 0 Å². The second-order valence-electron chi connectivity index (χ2n) is 8.83. The number of fused-ring (bicyclic) bond motifs is 1. The van der Waals surface area contributed by atoms with E-state index in [1.807, 2.05) is 60.4 Å². The number of nitrogens with zero attached hydrogens (tertiary/aromatic N) is 2. The topological polar surface area (TPSA) is 84.7 Å². The maximum atomic E-state index is 13.3. The minimum Gasteiger partial charge on any atom is -0.436 e. The molecule has 3 aromatic rings. The highest BCUT2D eigenvalue weighted by atomic mass is 16.5. The highest BCUT2D eigenvalue weighted by Gasteiger charge is 2.34. The van der Waals surface area contributed by atoms with Crippen molar-refractivity contribution in [2.75, 3.05) is 13.2 Å². The average molecular weight is 448 g/mol. The molecule has 0 radical (unpaired) electrons. The molecule has 1 N–H and O–H groups in total. The van der Waals surface area contributed by atoms with Crippen molar-refractivity contribution in [3.63, 3.8) is 0 Å². The number of rotatable bonds is 6. The number of hydrogen-bond acceptors (Lipinski definition) is 5. The van der Waals surface area contributed by atoms with Crippen LogP contribution < -0.4 is 5.32 Å². The number of amides is 2. The van der Waals surface area contributed by atoms with Gasteiger partial charge in [-0.2, -0.15) is 0 Å². The number of carbonyl (C=O) groups excluding carboxylic acids is 2. The molecule has 0 unspecified atom stereocenters. The van der Waals surface area contributed by atoms with Gasteiger partial charge in [-0.1, -0.05) is 12.1 Å². The predicted molar refractivity (Wildman–Crippen MR) is 125 cm³/mol. The van der Waals surface area contributed by atoms with Crippen LogP contribution in [0.15, 0.2) is 52.9 Å². The van der Waals surface area contributed by atoms with Crippen LogP contribution in [-0.4, -0.2) is 53.0 Å². The molecule has 2 aliphatic rings. The first-order valence-corrected chi connectivity index (χ1v) is 11.8. The average Bonchev–Trinajstić information content (AvgIpc) is 3.60. The summed E-state index contributed by atoms with van der Waals surface area (Å²) in [5, 5.41) is 3.13. The Kier molecular flexibility index (Phi) is 6.13. The van der Waals surface area contributed by atoms with Crippen molar-refractivity contribution in [1.29, 1.82) is 0 Å². The summed E-state index contributed by atoms with van der Waals surface area (Å²) in [6.45, 7) is 3.29. The molecular weight excluding hydrogens is 418 g/mol. The van der Waals surface area contributed by atoms with Crippen molar-refractivity contribution in [2.45, 2.75) is 57.2 Å². The van der Waals surface area contributed by atoms with Crippen LogP contribution in [0, 0.1) is 0 Å². The van der Waals surface area contributed by atoms with Gasteiger partial charge < -0.3 is 19.4 Å². The summed E-state index contributed by atoms with van der Waals surface area (Å²) in [6, 6.07) is 15.3. The summed E-state index contributed by atoms with van der Waals surface area (Å²) in [5.41, 5.74) is 3.03. The minimum atomic E-state index is -0.312. The Labute approximate surface area is 193 Å². The lowest BCUT2D eigenvalue weighted by atomic mass is 10.1. The maximum Gasteiger partial charge on any atom is 0.254 e. The molecule has 1 saturated heterocycles. The Bertz CT molecular complexity index is 1100. The van der Waals surface area contributed by atoms with E-state index in [2.05, 4.69) is 10.3 Å². The quantitative estimate of drug-likeness (QED) is 0.613. The molecule has 2 fully saturated rings. The Morgan fingerprint density at radius 1 is 1.09 bits per heavy atom. The van der Waals surface area contributed by atoms with Crippen molar-refractivity contribution in [2.24, 2.45) is 0 Å². The number of hydrogen-bond donors (Lipinski definition) is 1. The van der Waals surface area contributed by atoms with Gasteiger partial charge in [0.1, 0.15) is 11.6 Å². The first kappa shape index (κ1) is 21.6. The second kappa shape index (κ2) is 9.35. The zero-order valence-corrected chi connectivity index (χ0v) is 18.8. The molecule has 1 aliphatic carbocycles. The zero-order valence-electron chi connectivity index (χ0n) is 18.8. The van der Waals surface area contributed by atoms with E-state index in [4.69, 9.17) is 9.15 Å². The van der Waals surface area contributed by atoms with Crippen molar-refractivity contribution >= 4 is 22.9 Å². The van der Waals surface area contributed by atoms with E-state index in [-0.39, 0.29) is 30.0 Å². The molecule has 2 aromatic carbocycles. The molecule has 1 aromatic heterocycles. The van der Waals surface area contributed by atoms with Gasteiger partial charge in [-0.05, 0) is 75.4 Å². The van der Waals surface area contributed by atoms with Crippen molar-refractivity contribution in [1.82, 2.24) is 15.2 Å². The van der Waals surface area contributed by atoms with Crippen LogP contribution in [0.5, 0.6) is 0 Å². The molecule has 1 saturated carbocycles. The fourth-order valence-electron chi connectivity index (χ4n) is 4.93. The van der Waals surface area contributed by atoms with Crippen LogP contribution in [0.4, 0.5) is 0 Å². The minimum absolute atomic E-state index is 0.0117. The first-order chi connectivity index (χ1) is 16.1. The van der Waals surface area contributed by atoms with Gasteiger partial charge in [0.05, 0.1) is 0 Å². The van der Waals surface area contributed by atoms with Gasteiger partial charge in [0.25, 0.3) is 5.91 Å². The molecule has 172 valence electrons. The van der Waals surface area contributed by atoms with E-state index in [0.29, 0.717) is 24.6 Å². The molecule has 2 amide bonds. The normalized spacial score (nSPS) is 22.5. The number of ether oxygens (including phenoxy) is 1. The third-order valence-electron chi connectivity index (χ3n) is 6.69. The Morgan fingerprint density at radius 2 is 1.91 bits per heavy atom. The highest BCUT2D eigenvalue weighted by molar-refractivity contribution is 5.95. The lowest BCUT2D eigenvalue weighted by Crippen LogP contribution is -2.43. The van der Waals surface area contributed by atoms with Crippen molar-refractivity contribution in [3.05, 3.63) is 54.1 Å². The summed E-state index contributed by atoms with van der Waals surface area (Å²) < 4.78 is 11.3. The molecule has 7 nitrogen and oxygen atoms in total. The Morgan fingerprint density at radius 3 is 2.64 bits per heavy atom. The fraction of sp³-hybridized carbons (Fsp3) is 0.423. The Balaban J connectivity index is 1.23. The molecule has 5 rings (SSSR count). The smallest absolute Gasteiger partial charge is 0.254 e. The summed E-state index contributed by atoms with van der Waals surface area (Å²) in [4.78, 5) is 32.1. The van der Waals surface area contributed by atoms with Gasteiger partial charge in [0, 0.05) is 36.4 Å². The van der Waals surface area contributed by atoms with Gasteiger partial charge in [0.2, 0.25) is 11.8 Å². The molecular formula is C26H29N3O4. The number of benzene rings is 2. The highest BCUT2D eigenvalue weighted by Crippen LogP contribution is 2.28. The van der Waals surface area contributed by atoms with E-state index in [1.165, 1.54) is 0 Å². The molecule has 1 aliphatic heterocycles. The van der Waals surface area contributed by atoms with E-state index >= 15 is 0 Å². The van der Waals surface area contributed by atoms with E-state index < -0.39 is 0 Å². The largest absolute Gasteiger partial charge is 0.436 e. The molecule has 0 spiro atoms. The van der Waals surface area contributed by atoms with Crippen molar-refractivity contribution in [3.8, 4) is 11.5 Å². The lowest BCUT2D eigenvalue weighted by molar-refractivity contribution is -0.130. The number of para-hydroxylation sites is 2. The van der Waals surface area contributed by atoms with Crippen LogP contribution in [0.25, 0.3) is 22.6 Å². The zero-order chi connectivity index (χ0) is 22.8. The predicted octanol–water partition coefficient (Wildman–Crippen LogP) is 4.17. The Hall–Kier alpha value is -3.19. The number of aromatic nitrogens is 1. The fourth-order valence-corrected chi connectivity index (χ4v) is 4.93. The lowest BCUT2D eigenvalue weighted by Gasteiger charge is -2.28. The molecule has 0 bridgehead atoms. The summed E-state index contributed by atoms with van der Waals surface area (Å²) in [7, 11) is 0. The first-order valence-electron chi connectivity index (χ1n) is 11.8. The van der Waals surface area contributed by atoms with Gasteiger partial charge in [-0.15, -0.1) is 0 Å². The number of carbonyl (C=O) groups is 2. The van der Waals surface area contributed by atoms with Crippen molar-refractivity contribution < 1.29 is 18.7 Å². The van der Waals surface area contributed by atoms with Crippen LogP contribution in [0.3, 0.4) is 0 Å². The maximum absolute atomic E-state index is 13.3. The summed E-state index contributed by atoms with van der Waals surface area (Å²) >= 11 is 0. The molecule has 3 atom stereocenters. The van der Waals surface area contributed by atoms with Crippen LogP contribution in [0.1, 0.15) is 49.4 Å². The third-order valence-corrected chi connectivity index (χ3v) is 6.69. The summed E-state index contributed by atoms with van der Waals surface area (Å²) in [6.07, 6.45) is 3.96. The van der Waals surface area contributed by atoms with Crippen LogP contribution >= 0.6 is 0 Å². The van der Waals surface area contributed by atoms with Gasteiger partial charge >= 0.3 is 0 Å². The van der Waals surface area contributed by atoms with Crippen LogP contribution in [0.2, 0.25) is 0 Å². The van der Waals surface area contributed by atoms with Gasteiger partial charge in [-0.25, -0.2) is 4.98 Å². The monoisotopic (exact) mass is 447 g/mol. The second-order valence-corrected chi connectivity index (χ2v) is 8.83. The molecule has 33 heavy (non-hydrogen) atoms. The van der Waals surface area contributed by atoms with Crippen LogP contribution in [-0.2, 0) is 9.53 Å².